The minimum absolute atomic E-state index is 0.0120. The third-order valence-corrected chi connectivity index (χ3v) is 4.98. The Hall–Kier alpha value is -3.66. The molecule has 0 fully saturated rings. The molecule has 9 nitrogen and oxygen atoms in total. The number of hydrogen-bond acceptors (Lipinski definition) is 8. The number of nitrogens with zero attached hydrogens (tertiary/aromatic N) is 4. The predicted molar refractivity (Wildman–Crippen MR) is 107 cm³/mol. The second kappa shape index (κ2) is 6.99. The van der Waals surface area contributed by atoms with E-state index in [1.807, 2.05) is 31.2 Å². The molecule has 4 heterocycles. The first-order chi connectivity index (χ1) is 14.5. The molecular weight excluding hydrogens is 391 g/mol. The number of imidazole rings is 1. The summed E-state index contributed by atoms with van der Waals surface area (Å²) in [6.07, 6.45) is -0.511. The average Bonchev–Trinajstić information content (AvgIpc) is 3.41. The van der Waals surface area contributed by atoms with Gasteiger partial charge in [0.25, 0.3) is 0 Å². The van der Waals surface area contributed by atoms with Crippen LogP contribution in [0.5, 0.6) is 11.5 Å². The summed E-state index contributed by atoms with van der Waals surface area (Å²) in [7, 11) is 0. The fraction of sp³-hybridized carbons (Fsp3) is 0.250. The van der Waals surface area contributed by atoms with Gasteiger partial charge in [-0.3, -0.25) is 0 Å². The van der Waals surface area contributed by atoms with Crippen molar-refractivity contribution in [3.05, 3.63) is 47.5 Å². The van der Waals surface area contributed by atoms with Crippen molar-refractivity contribution >= 4 is 17.0 Å². The highest BCUT2D eigenvalue weighted by molar-refractivity contribution is 5.82. The van der Waals surface area contributed by atoms with Crippen LogP contribution in [0, 0.1) is 13.0 Å². The summed E-state index contributed by atoms with van der Waals surface area (Å²) in [5, 5.41) is 0. The Morgan fingerprint density at radius 3 is 2.67 bits per heavy atom. The van der Waals surface area contributed by atoms with Crippen LogP contribution in [0.2, 0.25) is 0 Å². The molecule has 4 N–H and O–H groups in total. The molecule has 10 heteroatoms. The van der Waals surface area contributed by atoms with E-state index in [0.29, 0.717) is 53.8 Å². The lowest BCUT2D eigenvalue weighted by molar-refractivity contribution is 0.174. The van der Waals surface area contributed by atoms with Crippen LogP contribution >= 0.6 is 0 Å². The maximum absolute atomic E-state index is 13.8. The fourth-order valence-corrected chi connectivity index (χ4v) is 3.65. The zero-order valence-corrected chi connectivity index (χ0v) is 16.2. The lowest BCUT2D eigenvalue weighted by atomic mass is 10.0. The van der Waals surface area contributed by atoms with Gasteiger partial charge >= 0.3 is 6.08 Å². The molecule has 5 rings (SSSR count). The molecule has 154 valence electrons. The van der Waals surface area contributed by atoms with E-state index in [1.54, 1.807) is 4.57 Å². The van der Waals surface area contributed by atoms with E-state index in [4.69, 9.17) is 25.4 Å². The molecule has 0 radical (unpaired) electrons. The van der Waals surface area contributed by atoms with Gasteiger partial charge in [0.05, 0.1) is 0 Å². The summed E-state index contributed by atoms with van der Waals surface area (Å²) in [4.78, 5) is 12.1. The van der Waals surface area contributed by atoms with Gasteiger partial charge in [-0.2, -0.15) is 14.4 Å². The number of anilines is 1. The highest BCUT2D eigenvalue weighted by Crippen LogP contribution is 2.40. The Labute approximate surface area is 170 Å². The van der Waals surface area contributed by atoms with Crippen LogP contribution in [-0.2, 0) is 13.0 Å². The Balaban J connectivity index is 1.66. The minimum atomic E-state index is -0.903. The molecular formula is C20H19FN6O3. The topological polar surface area (TPSA) is 127 Å². The summed E-state index contributed by atoms with van der Waals surface area (Å²) in [6, 6.07) is 7.58. The molecule has 0 saturated heterocycles. The van der Waals surface area contributed by atoms with Crippen LogP contribution in [0.3, 0.4) is 0 Å². The first-order valence-electron chi connectivity index (χ1n) is 9.41. The first kappa shape index (κ1) is 18.4. The van der Waals surface area contributed by atoms with Crippen molar-refractivity contribution in [3.63, 3.8) is 0 Å². The monoisotopic (exact) mass is 410 g/mol. The molecule has 3 aromatic heterocycles. The molecule has 0 aliphatic carbocycles. The predicted octanol–water partition coefficient (Wildman–Crippen LogP) is 2.39. The Kier molecular flexibility index (Phi) is 4.28. The van der Waals surface area contributed by atoms with Gasteiger partial charge in [-0.15, -0.1) is 0 Å². The van der Waals surface area contributed by atoms with E-state index < -0.39 is 6.08 Å². The number of halogens is 1. The molecule has 30 heavy (non-hydrogen) atoms. The molecule has 4 aromatic rings. The zero-order valence-electron chi connectivity index (χ0n) is 16.2. The number of aryl methyl sites for hydroxylation is 1. The normalized spacial score (nSPS) is 12.8. The number of furan rings is 1. The van der Waals surface area contributed by atoms with E-state index in [-0.39, 0.29) is 12.6 Å². The van der Waals surface area contributed by atoms with E-state index in [1.165, 1.54) is 0 Å². The molecule has 1 aromatic carbocycles. The second-order valence-corrected chi connectivity index (χ2v) is 6.97. The third-order valence-electron chi connectivity index (χ3n) is 4.98. The number of benzene rings is 1. The molecule has 0 unspecified atom stereocenters. The van der Waals surface area contributed by atoms with Crippen molar-refractivity contribution in [1.82, 2.24) is 19.5 Å². The highest BCUT2D eigenvalue weighted by Gasteiger charge is 2.23. The Morgan fingerprint density at radius 1 is 1.13 bits per heavy atom. The molecule has 0 bridgehead atoms. The zero-order chi connectivity index (χ0) is 20.8. The van der Waals surface area contributed by atoms with Gasteiger partial charge in [0, 0.05) is 25.1 Å². The number of nitrogen functional groups attached to an aromatic ring is 1. The number of ether oxygens (including phenoxy) is 2. The highest BCUT2D eigenvalue weighted by atomic mass is 19.1. The summed E-state index contributed by atoms with van der Waals surface area (Å²) in [5.41, 5.74) is 14.1. The van der Waals surface area contributed by atoms with Crippen molar-refractivity contribution in [1.29, 1.82) is 0 Å². The standard InChI is InChI=1S/C20H19FN6O3/c1-10-2-3-13(30-10)12-8-15-14(28-9-29-15)6-11(12)7-16-24-17-18(23)25-20(21)26-19(17)27(16)5-4-22/h2-3,6,8H,4-5,7,9,22H2,1H3,(H2,23,25,26). The van der Waals surface area contributed by atoms with Crippen molar-refractivity contribution in [2.45, 2.75) is 19.9 Å². The van der Waals surface area contributed by atoms with Crippen LogP contribution < -0.4 is 20.9 Å². The second-order valence-electron chi connectivity index (χ2n) is 6.97. The number of rotatable bonds is 5. The SMILES string of the molecule is Cc1ccc(-c2cc3c(cc2Cc2nc4c(N)nc(F)nc4n2CCN)OCO3)o1. The van der Waals surface area contributed by atoms with Crippen molar-refractivity contribution in [3.8, 4) is 22.8 Å². The maximum atomic E-state index is 13.8. The molecule has 0 amide bonds. The Bertz CT molecular complexity index is 1270. The van der Waals surface area contributed by atoms with Crippen molar-refractivity contribution in [2.24, 2.45) is 5.73 Å². The number of fused-ring (bicyclic) bond motifs is 2. The van der Waals surface area contributed by atoms with Crippen LogP contribution in [-0.4, -0.2) is 32.9 Å². The molecule has 0 saturated carbocycles. The lowest BCUT2D eigenvalue weighted by Gasteiger charge is -2.11. The molecule has 1 aliphatic heterocycles. The molecule has 0 spiro atoms. The van der Waals surface area contributed by atoms with Gasteiger partial charge in [0.15, 0.2) is 28.5 Å². The average molecular weight is 410 g/mol. The maximum Gasteiger partial charge on any atom is 0.312 e. The number of nitrogens with two attached hydrogens (primary N) is 2. The largest absolute Gasteiger partial charge is 0.461 e. The third kappa shape index (κ3) is 3.01. The first-order valence-corrected chi connectivity index (χ1v) is 9.41. The molecule has 0 atom stereocenters. The lowest BCUT2D eigenvalue weighted by Crippen LogP contribution is -2.14. The van der Waals surface area contributed by atoms with Gasteiger partial charge in [-0.05, 0) is 36.8 Å². The van der Waals surface area contributed by atoms with Crippen LogP contribution in [0.4, 0.5) is 10.2 Å². The van der Waals surface area contributed by atoms with Crippen molar-refractivity contribution in [2.75, 3.05) is 19.1 Å². The van der Waals surface area contributed by atoms with Crippen molar-refractivity contribution < 1.29 is 18.3 Å². The minimum Gasteiger partial charge on any atom is -0.461 e. The van der Waals surface area contributed by atoms with Gasteiger partial charge in [0.2, 0.25) is 6.79 Å². The summed E-state index contributed by atoms with van der Waals surface area (Å²) < 4.78 is 32.5. The van der Waals surface area contributed by atoms with Gasteiger partial charge in [0.1, 0.15) is 17.3 Å². The molecule has 1 aliphatic rings. The fourth-order valence-electron chi connectivity index (χ4n) is 3.65. The number of aromatic nitrogens is 4. The summed E-state index contributed by atoms with van der Waals surface area (Å²) >= 11 is 0. The van der Waals surface area contributed by atoms with Gasteiger partial charge in [-0.1, -0.05) is 0 Å². The summed E-state index contributed by atoms with van der Waals surface area (Å²) in [6.45, 7) is 2.77. The van der Waals surface area contributed by atoms with Gasteiger partial charge < -0.3 is 29.9 Å². The van der Waals surface area contributed by atoms with Crippen LogP contribution in [0.1, 0.15) is 17.1 Å². The van der Waals surface area contributed by atoms with E-state index in [2.05, 4.69) is 15.0 Å². The van der Waals surface area contributed by atoms with Gasteiger partial charge in [-0.25, -0.2) is 4.98 Å². The van der Waals surface area contributed by atoms with E-state index in [0.717, 1.165) is 16.9 Å². The Morgan fingerprint density at radius 2 is 1.93 bits per heavy atom. The summed E-state index contributed by atoms with van der Waals surface area (Å²) in [5.74, 6) is 3.40. The van der Waals surface area contributed by atoms with Crippen LogP contribution in [0.15, 0.2) is 28.7 Å². The number of hydrogen-bond donors (Lipinski definition) is 2. The van der Waals surface area contributed by atoms with Crippen LogP contribution in [0.25, 0.3) is 22.5 Å². The smallest absolute Gasteiger partial charge is 0.312 e. The quantitative estimate of drug-likeness (QED) is 0.480. The van der Waals surface area contributed by atoms with E-state index in [9.17, 15) is 4.39 Å². The van der Waals surface area contributed by atoms with E-state index >= 15 is 0 Å².